The maximum atomic E-state index is 11.7. The number of carboxylic acids is 2. The predicted octanol–water partition coefficient (Wildman–Crippen LogP) is 0.877. The topological polar surface area (TPSA) is 153 Å². The highest BCUT2D eigenvalue weighted by Crippen LogP contribution is 2.15. The van der Waals surface area contributed by atoms with Crippen molar-refractivity contribution in [3.8, 4) is 0 Å². The van der Waals surface area contributed by atoms with E-state index in [1.807, 2.05) is 19.3 Å². The van der Waals surface area contributed by atoms with Gasteiger partial charge in [-0.3, -0.25) is 14.9 Å². The molecule has 0 radical (unpaired) electrons. The molecule has 0 aliphatic carbocycles. The number of aliphatic carboxylic acids is 2. The van der Waals surface area contributed by atoms with Crippen molar-refractivity contribution in [1.82, 2.24) is 20.9 Å². The van der Waals surface area contributed by atoms with Crippen molar-refractivity contribution in [2.45, 2.75) is 31.6 Å². The van der Waals surface area contributed by atoms with Gasteiger partial charge in [0.15, 0.2) is 0 Å². The van der Waals surface area contributed by atoms with Gasteiger partial charge in [0.2, 0.25) is 0 Å². The fourth-order valence-corrected chi connectivity index (χ4v) is 2.84. The van der Waals surface area contributed by atoms with Crippen molar-refractivity contribution in [3.05, 3.63) is 59.8 Å². The number of rotatable bonds is 8. The molecule has 10 nitrogen and oxygen atoms in total. The Morgan fingerprint density at radius 3 is 2.55 bits per heavy atom. The van der Waals surface area contributed by atoms with E-state index in [9.17, 15) is 14.4 Å². The van der Waals surface area contributed by atoms with Crippen LogP contribution < -0.4 is 21.3 Å². The number of benzene rings is 1. The average molecular weight is 429 g/mol. The fraction of sp³-hybridized carbons (Fsp3) is 0.333. The van der Waals surface area contributed by atoms with E-state index in [2.05, 4.69) is 32.3 Å². The van der Waals surface area contributed by atoms with Crippen molar-refractivity contribution in [1.29, 1.82) is 0 Å². The minimum atomic E-state index is -1.25. The summed E-state index contributed by atoms with van der Waals surface area (Å²) >= 11 is 0. The second kappa shape index (κ2) is 12.3. The normalized spacial score (nSPS) is 15.3. The van der Waals surface area contributed by atoms with Crippen LogP contribution in [0.25, 0.3) is 0 Å². The van der Waals surface area contributed by atoms with Crippen LogP contribution in [0.2, 0.25) is 0 Å². The molecule has 0 fully saturated rings. The number of aromatic nitrogens is 1. The van der Waals surface area contributed by atoms with Gasteiger partial charge >= 0.3 is 11.9 Å². The quantitative estimate of drug-likeness (QED) is 0.359. The van der Waals surface area contributed by atoms with Gasteiger partial charge in [0.05, 0.1) is 6.17 Å². The van der Waals surface area contributed by atoms with E-state index in [4.69, 9.17) is 10.2 Å². The third kappa shape index (κ3) is 8.03. The second-order valence-electron chi connectivity index (χ2n) is 6.81. The summed E-state index contributed by atoms with van der Waals surface area (Å²) in [5.41, 5.74) is 1.56. The number of nitrogens with zero attached hydrogens (tertiary/aromatic N) is 1. The Morgan fingerprint density at radius 2 is 1.90 bits per heavy atom. The lowest BCUT2D eigenvalue weighted by molar-refractivity contribution is -0.140. The van der Waals surface area contributed by atoms with E-state index in [0.29, 0.717) is 5.56 Å². The molecule has 31 heavy (non-hydrogen) atoms. The number of hydrogen-bond donors (Lipinski definition) is 6. The summed E-state index contributed by atoms with van der Waals surface area (Å²) in [7, 11) is 1.94. The van der Waals surface area contributed by atoms with Crippen molar-refractivity contribution in [2.24, 2.45) is 0 Å². The molecule has 0 bridgehead atoms. The van der Waals surface area contributed by atoms with Gasteiger partial charge in [-0.15, -0.1) is 0 Å². The number of carbonyl (C=O) groups is 3. The van der Waals surface area contributed by atoms with Gasteiger partial charge in [-0.2, -0.15) is 0 Å². The monoisotopic (exact) mass is 429 g/mol. The standard InChI is InChI=1S/C12H13NO5.C9H14N4/c14-10(15)7-6-9(12(17)18)13-11(16)8-4-2-1-3-5-8;1-10-6-8-12-5-7-3-2-4-11-9(7)13-8/h1-5,9H,6-7H2,(H,13,16)(H,14,15)(H,17,18);2-4,8,10,12H,5-6H2,1H3,(H,11,13). The van der Waals surface area contributed by atoms with Gasteiger partial charge in [0, 0.05) is 36.8 Å². The van der Waals surface area contributed by atoms with E-state index in [1.54, 1.807) is 30.3 Å². The molecular formula is C21H27N5O5. The van der Waals surface area contributed by atoms with Crippen molar-refractivity contribution >= 4 is 23.7 Å². The van der Waals surface area contributed by atoms with Crippen LogP contribution in [0.15, 0.2) is 48.7 Å². The highest BCUT2D eigenvalue weighted by atomic mass is 16.4. The molecule has 2 aromatic rings. The molecule has 1 aliphatic heterocycles. The average Bonchev–Trinajstić information content (AvgIpc) is 2.77. The molecule has 2 heterocycles. The number of carbonyl (C=O) groups excluding carboxylic acids is 1. The number of carboxylic acid groups (broad SMARTS) is 2. The Labute approximate surface area is 180 Å². The Balaban J connectivity index is 0.000000231. The van der Waals surface area contributed by atoms with E-state index in [1.165, 1.54) is 5.56 Å². The van der Waals surface area contributed by atoms with Crippen LogP contribution in [0.1, 0.15) is 28.8 Å². The first kappa shape index (κ1) is 23.8. The number of hydrogen-bond acceptors (Lipinski definition) is 7. The number of pyridine rings is 1. The zero-order valence-electron chi connectivity index (χ0n) is 17.2. The number of anilines is 1. The Kier molecular flexibility index (Phi) is 9.40. The van der Waals surface area contributed by atoms with Gasteiger partial charge in [-0.1, -0.05) is 24.3 Å². The Morgan fingerprint density at radius 1 is 1.16 bits per heavy atom. The van der Waals surface area contributed by atoms with Gasteiger partial charge in [-0.25, -0.2) is 9.78 Å². The molecule has 0 saturated carbocycles. The van der Waals surface area contributed by atoms with Gasteiger partial charge in [-0.05, 0) is 31.7 Å². The first-order valence-corrected chi connectivity index (χ1v) is 9.79. The zero-order chi connectivity index (χ0) is 22.6. The van der Waals surface area contributed by atoms with Crippen molar-refractivity contribution in [2.75, 3.05) is 18.9 Å². The van der Waals surface area contributed by atoms with E-state index < -0.39 is 23.9 Å². The lowest BCUT2D eigenvalue weighted by Crippen LogP contribution is -2.46. The highest BCUT2D eigenvalue weighted by molar-refractivity contribution is 5.96. The number of fused-ring (bicyclic) bond motifs is 1. The summed E-state index contributed by atoms with van der Waals surface area (Å²) < 4.78 is 0. The van der Waals surface area contributed by atoms with Crippen LogP contribution in [-0.4, -0.2) is 58.8 Å². The minimum absolute atomic E-state index is 0.150. The maximum Gasteiger partial charge on any atom is 0.326 e. The van der Waals surface area contributed by atoms with Crippen LogP contribution >= 0.6 is 0 Å². The predicted molar refractivity (Wildman–Crippen MR) is 115 cm³/mol. The van der Waals surface area contributed by atoms with Crippen LogP contribution in [-0.2, 0) is 16.1 Å². The smallest absolute Gasteiger partial charge is 0.326 e. The van der Waals surface area contributed by atoms with E-state index in [0.717, 1.165) is 18.9 Å². The van der Waals surface area contributed by atoms with Crippen LogP contribution in [0.5, 0.6) is 0 Å². The first-order valence-electron chi connectivity index (χ1n) is 9.79. The van der Waals surface area contributed by atoms with Crippen LogP contribution in [0, 0.1) is 0 Å². The lowest BCUT2D eigenvalue weighted by Gasteiger charge is -2.26. The largest absolute Gasteiger partial charge is 0.481 e. The van der Waals surface area contributed by atoms with Crippen LogP contribution in [0.4, 0.5) is 5.82 Å². The van der Waals surface area contributed by atoms with Gasteiger partial charge in [0.25, 0.3) is 5.91 Å². The maximum absolute atomic E-state index is 11.7. The van der Waals surface area contributed by atoms with Gasteiger partial charge < -0.3 is 26.2 Å². The van der Waals surface area contributed by atoms with Crippen molar-refractivity contribution in [3.63, 3.8) is 0 Å². The first-order chi connectivity index (χ1) is 14.9. The van der Waals surface area contributed by atoms with Gasteiger partial charge in [0.1, 0.15) is 11.9 Å². The summed E-state index contributed by atoms with van der Waals surface area (Å²) in [6, 6.07) is 11.0. The summed E-state index contributed by atoms with van der Waals surface area (Å²) in [5, 5.41) is 29.4. The SMILES string of the molecule is CNCC1NCc2cccnc2N1.O=C(O)CCC(NC(=O)c1ccccc1)C(=O)O. The third-order valence-corrected chi connectivity index (χ3v) is 4.44. The third-order valence-electron chi connectivity index (χ3n) is 4.44. The summed E-state index contributed by atoms with van der Waals surface area (Å²) in [6.45, 7) is 1.79. The molecule has 0 saturated heterocycles. The molecule has 1 aromatic carbocycles. The number of likely N-dealkylation sites (N-methyl/N-ethyl adjacent to an activating group) is 1. The lowest BCUT2D eigenvalue weighted by atomic mass is 10.1. The minimum Gasteiger partial charge on any atom is -0.481 e. The number of amides is 1. The Hall–Kier alpha value is -3.50. The summed E-state index contributed by atoms with van der Waals surface area (Å²) in [5.74, 6) is -1.88. The van der Waals surface area contributed by atoms with E-state index >= 15 is 0 Å². The van der Waals surface area contributed by atoms with Crippen molar-refractivity contribution < 1.29 is 24.6 Å². The summed E-state index contributed by atoms with van der Waals surface area (Å²) in [4.78, 5) is 37.2. The molecule has 0 spiro atoms. The molecule has 1 aromatic heterocycles. The molecule has 1 amide bonds. The van der Waals surface area contributed by atoms with E-state index in [-0.39, 0.29) is 19.0 Å². The molecule has 2 atom stereocenters. The molecule has 6 N–H and O–H groups in total. The highest BCUT2D eigenvalue weighted by Gasteiger charge is 2.21. The zero-order valence-corrected chi connectivity index (χ0v) is 17.2. The summed E-state index contributed by atoms with van der Waals surface area (Å²) in [6.07, 6.45) is 1.63. The second-order valence-corrected chi connectivity index (χ2v) is 6.81. The van der Waals surface area contributed by atoms with Crippen LogP contribution in [0.3, 0.4) is 0 Å². The molecule has 3 rings (SSSR count). The fourth-order valence-electron chi connectivity index (χ4n) is 2.84. The number of nitrogens with one attached hydrogen (secondary N) is 4. The molecule has 1 aliphatic rings. The molecule has 10 heteroatoms. The molecule has 166 valence electrons. The molecular weight excluding hydrogens is 402 g/mol. The Bertz CT molecular complexity index is 877. The molecule has 2 unspecified atom stereocenters.